The van der Waals surface area contributed by atoms with Gasteiger partial charge in [0.25, 0.3) is 11.4 Å². The van der Waals surface area contributed by atoms with Crippen LogP contribution in [0.3, 0.4) is 0 Å². The SMILES string of the molecule is C=Cc1ccc2ccc(OCc3cc([N+](=O)[O-])ccc3Cl)cc2c1-c1c(C=C)ccc2ccc(OCc3cc([N+](=O)[O-])ccc3Cl)cc12. The van der Waals surface area contributed by atoms with Gasteiger partial charge in [-0.25, -0.2) is 0 Å². The number of nitro groups is 2. The van der Waals surface area contributed by atoms with Gasteiger partial charge in [0.2, 0.25) is 0 Å². The van der Waals surface area contributed by atoms with Crippen molar-refractivity contribution in [1.82, 2.24) is 0 Å². The number of fused-ring (bicyclic) bond motifs is 2. The minimum Gasteiger partial charge on any atom is -0.489 e. The molecule has 0 aliphatic rings. The van der Waals surface area contributed by atoms with Crippen molar-refractivity contribution in [3.63, 3.8) is 0 Å². The van der Waals surface area contributed by atoms with E-state index in [-0.39, 0.29) is 24.6 Å². The molecule has 6 aromatic rings. The summed E-state index contributed by atoms with van der Waals surface area (Å²) in [4.78, 5) is 21.7. The summed E-state index contributed by atoms with van der Waals surface area (Å²) in [5, 5.41) is 27.0. The van der Waals surface area contributed by atoms with Crippen LogP contribution in [0.4, 0.5) is 11.4 Å². The Bertz CT molecular complexity index is 2120. The van der Waals surface area contributed by atoms with E-state index in [9.17, 15) is 20.2 Å². The number of benzene rings is 6. The second-order valence-corrected chi connectivity index (χ2v) is 11.7. The van der Waals surface area contributed by atoms with Gasteiger partial charge < -0.3 is 9.47 Å². The molecule has 0 aliphatic heterocycles. The first-order chi connectivity index (χ1) is 23.2. The molecule has 0 radical (unpaired) electrons. The van der Waals surface area contributed by atoms with E-state index in [1.807, 2.05) is 60.7 Å². The van der Waals surface area contributed by atoms with E-state index in [1.54, 1.807) is 12.2 Å². The zero-order valence-corrected chi connectivity index (χ0v) is 26.8. The maximum Gasteiger partial charge on any atom is 0.269 e. The quantitative estimate of drug-likeness (QED) is 0.0998. The normalized spacial score (nSPS) is 11.0. The summed E-state index contributed by atoms with van der Waals surface area (Å²) in [5.74, 6) is 1.09. The fourth-order valence-electron chi connectivity index (χ4n) is 5.60. The molecule has 0 saturated heterocycles. The first-order valence-corrected chi connectivity index (χ1v) is 15.4. The molecular weight excluding hydrogens is 651 g/mol. The molecule has 0 atom stereocenters. The number of nitro benzene ring substituents is 2. The molecule has 0 fully saturated rings. The third-order valence-electron chi connectivity index (χ3n) is 8.01. The summed E-state index contributed by atoms with van der Waals surface area (Å²) in [6, 6.07) is 28.0. The van der Waals surface area contributed by atoms with Crippen molar-refractivity contribution in [2.45, 2.75) is 13.2 Å². The predicted octanol–water partition coefficient (Wildman–Crippen LogP) is 11.2. The molecule has 0 spiro atoms. The summed E-state index contributed by atoms with van der Waals surface area (Å²) < 4.78 is 12.2. The maximum absolute atomic E-state index is 11.3. The first-order valence-electron chi connectivity index (χ1n) is 14.7. The van der Waals surface area contributed by atoms with E-state index in [0.717, 1.165) is 43.8 Å². The van der Waals surface area contributed by atoms with Gasteiger partial charge in [0.05, 0.1) is 9.85 Å². The summed E-state index contributed by atoms with van der Waals surface area (Å²) >= 11 is 12.7. The number of nitrogens with zero attached hydrogens (tertiary/aromatic N) is 2. The molecular formula is C38H26Cl2N2O6. The van der Waals surface area contributed by atoms with E-state index in [1.165, 1.54) is 36.4 Å². The van der Waals surface area contributed by atoms with Crippen LogP contribution < -0.4 is 9.47 Å². The molecule has 0 amide bonds. The van der Waals surface area contributed by atoms with Crippen LogP contribution >= 0.6 is 23.2 Å². The second kappa shape index (κ2) is 13.6. The van der Waals surface area contributed by atoms with E-state index in [4.69, 9.17) is 32.7 Å². The summed E-state index contributed by atoms with van der Waals surface area (Å²) in [5.41, 5.74) is 4.42. The number of non-ortho nitro benzene ring substituents is 2. The Kier molecular flexibility index (Phi) is 9.12. The first kappa shape index (κ1) is 32.2. The van der Waals surface area contributed by atoms with Crippen molar-refractivity contribution in [3.05, 3.63) is 163 Å². The standard InChI is InChI=1S/C38H26Cl2N2O6/c1-3-23-5-7-25-9-13-31(47-21-27-17-29(41(43)44)11-15-35(27)39)19-33(25)37(23)38-24(4-2)6-8-26-10-14-32(20-34(26)38)48-22-28-18-30(42(45)46)12-16-36(28)40/h3-20H,1-2,21-22H2. The van der Waals surface area contributed by atoms with Crippen molar-refractivity contribution >= 4 is 68.3 Å². The molecule has 0 aromatic heterocycles. The Balaban J connectivity index is 1.44. The highest BCUT2D eigenvalue weighted by Gasteiger charge is 2.18. The van der Waals surface area contributed by atoms with Crippen molar-refractivity contribution in [3.8, 4) is 22.6 Å². The van der Waals surface area contributed by atoms with E-state index < -0.39 is 9.85 Å². The summed E-state index contributed by atoms with van der Waals surface area (Å²) in [7, 11) is 0. The van der Waals surface area contributed by atoms with Gasteiger partial charge in [-0.2, -0.15) is 0 Å². The van der Waals surface area contributed by atoms with E-state index in [0.29, 0.717) is 32.7 Å². The Hall–Kier alpha value is -5.70. The van der Waals surface area contributed by atoms with Crippen LogP contribution in [0.15, 0.2) is 110 Å². The average molecular weight is 678 g/mol. The Morgan fingerprint density at radius 1 is 0.583 bits per heavy atom. The number of hydrogen-bond donors (Lipinski definition) is 0. The third-order valence-corrected chi connectivity index (χ3v) is 8.75. The molecule has 0 unspecified atom stereocenters. The molecule has 8 nitrogen and oxygen atoms in total. The van der Waals surface area contributed by atoms with Crippen molar-refractivity contribution in [2.75, 3.05) is 0 Å². The minimum absolute atomic E-state index is 0.0317. The van der Waals surface area contributed by atoms with Crippen LogP contribution in [-0.2, 0) is 13.2 Å². The van der Waals surface area contributed by atoms with Crippen LogP contribution in [0.1, 0.15) is 22.3 Å². The van der Waals surface area contributed by atoms with Gasteiger partial charge in [0.15, 0.2) is 0 Å². The lowest BCUT2D eigenvalue weighted by atomic mass is 9.87. The van der Waals surface area contributed by atoms with Gasteiger partial charge >= 0.3 is 0 Å². The highest BCUT2D eigenvalue weighted by Crippen LogP contribution is 2.42. The molecule has 0 N–H and O–H groups in total. The van der Waals surface area contributed by atoms with Crippen LogP contribution in [0.2, 0.25) is 10.0 Å². The van der Waals surface area contributed by atoms with Crippen LogP contribution in [0.25, 0.3) is 44.8 Å². The van der Waals surface area contributed by atoms with E-state index >= 15 is 0 Å². The van der Waals surface area contributed by atoms with Crippen LogP contribution in [0.5, 0.6) is 11.5 Å². The number of rotatable bonds is 11. The Morgan fingerprint density at radius 3 is 1.35 bits per heavy atom. The lowest BCUT2D eigenvalue weighted by molar-refractivity contribution is -0.385. The molecule has 10 heteroatoms. The molecule has 0 aliphatic carbocycles. The fourth-order valence-corrected chi connectivity index (χ4v) is 5.95. The number of ether oxygens (including phenoxy) is 2. The Morgan fingerprint density at radius 2 is 0.979 bits per heavy atom. The molecule has 0 saturated carbocycles. The zero-order chi connectivity index (χ0) is 33.9. The highest BCUT2D eigenvalue weighted by molar-refractivity contribution is 6.31. The van der Waals surface area contributed by atoms with Crippen molar-refractivity contribution in [2.24, 2.45) is 0 Å². The second-order valence-electron chi connectivity index (χ2n) is 10.9. The molecule has 0 heterocycles. The highest BCUT2D eigenvalue weighted by atomic mass is 35.5. The largest absolute Gasteiger partial charge is 0.489 e. The maximum atomic E-state index is 11.3. The average Bonchev–Trinajstić information content (AvgIpc) is 3.09. The van der Waals surface area contributed by atoms with Gasteiger partial charge in [-0.05, 0) is 80.2 Å². The fraction of sp³-hybridized carbons (Fsp3) is 0.0526. The lowest BCUT2D eigenvalue weighted by Gasteiger charge is -2.18. The van der Waals surface area contributed by atoms with Gasteiger partial charge in [-0.15, -0.1) is 0 Å². The number of hydrogen-bond acceptors (Lipinski definition) is 6. The smallest absolute Gasteiger partial charge is 0.269 e. The predicted molar refractivity (Wildman–Crippen MR) is 192 cm³/mol. The van der Waals surface area contributed by atoms with Crippen LogP contribution in [-0.4, -0.2) is 9.85 Å². The van der Waals surface area contributed by atoms with Gasteiger partial charge in [-0.1, -0.05) is 84.9 Å². The zero-order valence-electron chi connectivity index (χ0n) is 25.3. The summed E-state index contributed by atoms with van der Waals surface area (Å²) in [6.45, 7) is 8.24. The van der Waals surface area contributed by atoms with Gasteiger partial charge in [-0.3, -0.25) is 20.2 Å². The van der Waals surface area contributed by atoms with Crippen LogP contribution in [0, 0.1) is 20.2 Å². The Labute approximate surface area is 285 Å². The monoisotopic (exact) mass is 676 g/mol. The molecule has 6 aromatic carbocycles. The lowest BCUT2D eigenvalue weighted by Crippen LogP contribution is -1.99. The molecule has 6 rings (SSSR count). The van der Waals surface area contributed by atoms with E-state index in [2.05, 4.69) is 13.2 Å². The van der Waals surface area contributed by atoms with Gasteiger partial charge in [0, 0.05) is 45.4 Å². The third kappa shape index (κ3) is 6.44. The molecule has 0 bridgehead atoms. The molecule has 48 heavy (non-hydrogen) atoms. The molecule has 238 valence electrons. The van der Waals surface area contributed by atoms with Gasteiger partial charge in [0.1, 0.15) is 24.7 Å². The topological polar surface area (TPSA) is 105 Å². The van der Waals surface area contributed by atoms with Crippen molar-refractivity contribution in [1.29, 1.82) is 0 Å². The van der Waals surface area contributed by atoms with Crippen molar-refractivity contribution < 1.29 is 19.3 Å². The minimum atomic E-state index is -0.473. The summed E-state index contributed by atoms with van der Waals surface area (Å²) in [6.07, 6.45) is 3.59. The number of halogens is 2.